The van der Waals surface area contributed by atoms with E-state index in [9.17, 15) is 4.79 Å². The van der Waals surface area contributed by atoms with Gasteiger partial charge in [-0.3, -0.25) is 4.79 Å². The van der Waals surface area contributed by atoms with Crippen LogP contribution in [0.15, 0.2) is 24.3 Å². The third-order valence-corrected chi connectivity index (χ3v) is 2.50. The van der Waals surface area contributed by atoms with Gasteiger partial charge in [0.15, 0.2) is 0 Å². The molecule has 3 nitrogen and oxygen atoms in total. The van der Waals surface area contributed by atoms with E-state index >= 15 is 0 Å². The number of rotatable bonds is 3. The molecule has 0 atom stereocenters. The number of carbonyl (C=O) groups excluding carboxylic acids is 1. The van der Waals surface area contributed by atoms with Crippen molar-refractivity contribution in [3.05, 3.63) is 29.8 Å². The Hall–Kier alpha value is -1.06. The number of nitrogens with two attached hydrogens (primary N) is 1. The van der Waals surface area contributed by atoms with E-state index in [2.05, 4.69) is 13.8 Å². The molecule has 1 rings (SSSR count). The molecule has 0 aliphatic rings. The van der Waals surface area contributed by atoms with E-state index in [0.29, 0.717) is 5.92 Å². The van der Waals surface area contributed by atoms with E-state index < -0.39 is 0 Å². The van der Waals surface area contributed by atoms with Gasteiger partial charge in [0, 0.05) is 12.7 Å². The summed E-state index contributed by atoms with van der Waals surface area (Å²) in [4.78, 5) is 12.9. The number of benzene rings is 1. The van der Waals surface area contributed by atoms with Crippen molar-refractivity contribution in [2.45, 2.75) is 19.8 Å². The Morgan fingerprint density at radius 2 is 1.81 bits per heavy atom. The first kappa shape index (κ1) is 14.9. The minimum Gasteiger partial charge on any atom is -0.322 e. The lowest BCUT2D eigenvalue weighted by Gasteiger charge is -2.17. The highest BCUT2D eigenvalue weighted by atomic mass is 35.5. The molecule has 1 aromatic carbocycles. The fraction of sp³-hybridized carbons (Fsp3) is 0.417. The number of hydrogen-bond donors (Lipinski definition) is 1. The lowest BCUT2D eigenvalue weighted by Crippen LogP contribution is -2.32. The number of carbonyl (C=O) groups is 1. The van der Waals surface area contributed by atoms with Crippen molar-refractivity contribution in [2.24, 2.45) is 5.73 Å². The van der Waals surface area contributed by atoms with E-state index in [0.717, 1.165) is 5.69 Å². The lowest BCUT2D eigenvalue weighted by molar-refractivity contribution is -0.117. The van der Waals surface area contributed by atoms with Gasteiger partial charge in [0.1, 0.15) is 0 Å². The maximum Gasteiger partial charge on any atom is 0.240 e. The van der Waals surface area contributed by atoms with Crippen molar-refractivity contribution in [3.8, 4) is 0 Å². The van der Waals surface area contributed by atoms with Crippen LogP contribution in [0.1, 0.15) is 25.3 Å². The monoisotopic (exact) mass is 242 g/mol. The van der Waals surface area contributed by atoms with Gasteiger partial charge in [-0.1, -0.05) is 26.0 Å². The Bertz CT molecular complexity index is 335. The zero-order valence-corrected chi connectivity index (χ0v) is 10.8. The predicted octanol–water partition coefficient (Wildman–Crippen LogP) is 2.15. The van der Waals surface area contributed by atoms with E-state index in [1.54, 1.807) is 11.9 Å². The lowest BCUT2D eigenvalue weighted by atomic mass is 10.0. The Balaban J connectivity index is 0.00000225. The molecule has 0 unspecified atom stereocenters. The second-order valence-electron chi connectivity index (χ2n) is 3.90. The Morgan fingerprint density at radius 3 is 2.19 bits per heavy atom. The minimum absolute atomic E-state index is 0. The van der Waals surface area contributed by atoms with Gasteiger partial charge in [-0.25, -0.2) is 0 Å². The summed E-state index contributed by atoms with van der Waals surface area (Å²) in [5.74, 6) is 0.432. The van der Waals surface area contributed by atoms with Crippen molar-refractivity contribution >= 4 is 24.0 Å². The zero-order chi connectivity index (χ0) is 11.4. The molecule has 0 saturated heterocycles. The summed E-state index contributed by atoms with van der Waals surface area (Å²) < 4.78 is 0. The van der Waals surface area contributed by atoms with Gasteiger partial charge in [-0.2, -0.15) is 0 Å². The average Bonchev–Trinajstić information content (AvgIpc) is 2.27. The molecule has 0 aromatic heterocycles. The van der Waals surface area contributed by atoms with Crippen LogP contribution in [0.4, 0.5) is 5.69 Å². The van der Waals surface area contributed by atoms with Crippen molar-refractivity contribution in [1.29, 1.82) is 0 Å². The average molecular weight is 243 g/mol. The maximum absolute atomic E-state index is 11.3. The van der Waals surface area contributed by atoms with E-state index in [1.165, 1.54) is 5.56 Å². The minimum atomic E-state index is -0.0766. The van der Waals surface area contributed by atoms with Gasteiger partial charge in [-0.05, 0) is 23.6 Å². The van der Waals surface area contributed by atoms with E-state index in [1.807, 2.05) is 24.3 Å². The van der Waals surface area contributed by atoms with Gasteiger partial charge in [0.2, 0.25) is 5.91 Å². The van der Waals surface area contributed by atoms with Crippen LogP contribution in [0.2, 0.25) is 0 Å². The summed E-state index contributed by atoms with van der Waals surface area (Å²) in [5.41, 5.74) is 7.45. The third kappa shape index (κ3) is 3.51. The first-order valence-corrected chi connectivity index (χ1v) is 5.13. The molecule has 0 bridgehead atoms. The molecule has 0 spiro atoms. The van der Waals surface area contributed by atoms with Crippen LogP contribution >= 0.6 is 12.4 Å². The van der Waals surface area contributed by atoms with Crippen LogP contribution < -0.4 is 10.6 Å². The van der Waals surface area contributed by atoms with Gasteiger partial charge < -0.3 is 10.6 Å². The first-order chi connectivity index (χ1) is 7.06. The fourth-order valence-electron chi connectivity index (χ4n) is 1.36. The zero-order valence-electron chi connectivity index (χ0n) is 9.93. The number of amides is 1. The molecule has 0 heterocycles. The van der Waals surface area contributed by atoms with Crippen molar-refractivity contribution in [2.75, 3.05) is 18.5 Å². The molecule has 90 valence electrons. The van der Waals surface area contributed by atoms with Gasteiger partial charge >= 0.3 is 0 Å². The molecule has 2 N–H and O–H groups in total. The van der Waals surface area contributed by atoms with Crippen molar-refractivity contribution in [3.63, 3.8) is 0 Å². The summed E-state index contributed by atoms with van der Waals surface area (Å²) in [5, 5.41) is 0. The molecular formula is C12H19ClN2O. The van der Waals surface area contributed by atoms with Crippen LogP contribution in [0, 0.1) is 0 Å². The van der Waals surface area contributed by atoms with Gasteiger partial charge in [0.05, 0.1) is 6.54 Å². The standard InChI is InChI=1S/C12H18N2O.ClH/c1-9(2)10-4-6-11(7-5-10)14(3)12(15)8-13;/h4-7,9H,8,13H2,1-3H3;1H. The second kappa shape index (κ2) is 6.51. The molecule has 0 radical (unpaired) electrons. The molecule has 16 heavy (non-hydrogen) atoms. The summed E-state index contributed by atoms with van der Waals surface area (Å²) in [6.45, 7) is 4.33. The molecule has 4 heteroatoms. The maximum atomic E-state index is 11.3. The summed E-state index contributed by atoms with van der Waals surface area (Å²) >= 11 is 0. The summed E-state index contributed by atoms with van der Waals surface area (Å²) in [6.07, 6.45) is 0. The fourth-order valence-corrected chi connectivity index (χ4v) is 1.36. The summed E-state index contributed by atoms with van der Waals surface area (Å²) in [7, 11) is 1.74. The largest absolute Gasteiger partial charge is 0.322 e. The SMILES string of the molecule is CC(C)c1ccc(N(C)C(=O)CN)cc1.Cl. The van der Waals surface area contributed by atoms with Crippen LogP contribution in [0.3, 0.4) is 0 Å². The molecule has 1 amide bonds. The smallest absolute Gasteiger partial charge is 0.240 e. The number of likely N-dealkylation sites (N-methyl/N-ethyl adjacent to an activating group) is 1. The van der Waals surface area contributed by atoms with Crippen LogP contribution in [-0.4, -0.2) is 19.5 Å². The van der Waals surface area contributed by atoms with Crippen LogP contribution in [0.5, 0.6) is 0 Å². The third-order valence-electron chi connectivity index (χ3n) is 2.50. The number of hydrogen-bond acceptors (Lipinski definition) is 2. The van der Waals surface area contributed by atoms with Crippen molar-refractivity contribution in [1.82, 2.24) is 0 Å². The molecular weight excluding hydrogens is 224 g/mol. The number of nitrogens with zero attached hydrogens (tertiary/aromatic N) is 1. The first-order valence-electron chi connectivity index (χ1n) is 5.13. The normalized spacial score (nSPS) is 9.81. The molecule has 1 aromatic rings. The molecule has 0 fully saturated rings. The van der Waals surface area contributed by atoms with Gasteiger partial charge in [0.25, 0.3) is 0 Å². The van der Waals surface area contributed by atoms with Crippen LogP contribution in [-0.2, 0) is 4.79 Å². The van der Waals surface area contributed by atoms with E-state index in [-0.39, 0.29) is 24.9 Å². The highest BCUT2D eigenvalue weighted by molar-refractivity contribution is 5.94. The second-order valence-corrected chi connectivity index (χ2v) is 3.90. The topological polar surface area (TPSA) is 46.3 Å². The highest BCUT2D eigenvalue weighted by Crippen LogP contribution is 2.19. The quantitative estimate of drug-likeness (QED) is 0.883. The molecule has 0 aliphatic carbocycles. The predicted molar refractivity (Wildman–Crippen MR) is 70.2 cm³/mol. The molecule has 0 aliphatic heterocycles. The Labute approximate surface area is 103 Å². The highest BCUT2D eigenvalue weighted by Gasteiger charge is 2.08. The van der Waals surface area contributed by atoms with Gasteiger partial charge in [-0.15, -0.1) is 12.4 Å². The number of halogens is 1. The molecule has 0 saturated carbocycles. The van der Waals surface area contributed by atoms with Crippen molar-refractivity contribution < 1.29 is 4.79 Å². The van der Waals surface area contributed by atoms with Crippen LogP contribution in [0.25, 0.3) is 0 Å². The number of anilines is 1. The Morgan fingerprint density at radius 1 is 1.31 bits per heavy atom. The van der Waals surface area contributed by atoms with E-state index in [4.69, 9.17) is 5.73 Å². The summed E-state index contributed by atoms with van der Waals surface area (Å²) in [6, 6.07) is 7.98. The Kier molecular flexibility index (Phi) is 6.08.